The summed E-state index contributed by atoms with van der Waals surface area (Å²) in [6.45, 7) is 5.06. The average Bonchev–Trinajstić information content (AvgIpc) is 2.68. The van der Waals surface area contributed by atoms with Gasteiger partial charge in [0.25, 0.3) is 5.91 Å². The summed E-state index contributed by atoms with van der Waals surface area (Å²) in [4.78, 5) is 35.3. The number of esters is 1. The van der Waals surface area contributed by atoms with Gasteiger partial charge < -0.3 is 19.5 Å². The normalized spacial score (nSPS) is 11.2. The smallest absolute Gasteiger partial charge is 0.344 e. The van der Waals surface area contributed by atoms with Gasteiger partial charge in [-0.3, -0.25) is 9.59 Å². The number of ether oxygens (including phenoxy) is 3. The number of hydrogen-bond acceptors (Lipinski definition) is 6. The summed E-state index contributed by atoms with van der Waals surface area (Å²) in [5, 5.41) is 2.62. The SMILES string of the molecule is CCOc1ccc(OCC(=O)OC(C)C(=O)Nc2ccc(C(C)=O)cc2)cc1. The van der Waals surface area contributed by atoms with E-state index in [4.69, 9.17) is 14.2 Å². The molecule has 0 aliphatic heterocycles. The fourth-order valence-electron chi connectivity index (χ4n) is 2.26. The minimum atomic E-state index is -0.996. The molecule has 1 atom stereocenters. The molecular formula is C21H23NO6. The monoisotopic (exact) mass is 385 g/mol. The molecule has 148 valence electrons. The highest BCUT2D eigenvalue weighted by Crippen LogP contribution is 2.17. The quantitative estimate of drug-likeness (QED) is 0.526. The van der Waals surface area contributed by atoms with Crippen LogP contribution in [-0.4, -0.2) is 37.0 Å². The lowest BCUT2D eigenvalue weighted by molar-refractivity contribution is -0.155. The van der Waals surface area contributed by atoms with Gasteiger partial charge in [-0.2, -0.15) is 0 Å². The van der Waals surface area contributed by atoms with Crippen molar-refractivity contribution in [1.29, 1.82) is 0 Å². The molecule has 0 heterocycles. The number of hydrogen-bond donors (Lipinski definition) is 1. The second kappa shape index (κ2) is 10.1. The third-order valence-electron chi connectivity index (χ3n) is 3.73. The van der Waals surface area contributed by atoms with Gasteiger partial charge in [-0.1, -0.05) is 0 Å². The van der Waals surface area contributed by atoms with Crippen molar-refractivity contribution in [1.82, 2.24) is 0 Å². The molecular weight excluding hydrogens is 362 g/mol. The van der Waals surface area contributed by atoms with Gasteiger partial charge in [0, 0.05) is 11.3 Å². The van der Waals surface area contributed by atoms with Gasteiger partial charge in [0.1, 0.15) is 11.5 Å². The van der Waals surface area contributed by atoms with Crippen molar-refractivity contribution >= 4 is 23.3 Å². The molecule has 0 radical (unpaired) electrons. The molecule has 0 spiro atoms. The average molecular weight is 385 g/mol. The highest BCUT2D eigenvalue weighted by molar-refractivity contribution is 5.97. The van der Waals surface area contributed by atoms with Crippen molar-refractivity contribution in [3.63, 3.8) is 0 Å². The molecule has 1 amide bonds. The number of benzene rings is 2. The molecule has 28 heavy (non-hydrogen) atoms. The third-order valence-corrected chi connectivity index (χ3v) is 3.73. The van der Waals surface area contributed by atoms with E-state index in [-0.39, 0.29) is 12.4 Å². The van der Waals surface area contributed by atoms with E-state index in [1.807, 2.05) is 6.92 Å². The number of rotatable bonds is 9. The number of ketones is 1. The standard InChI is InChI=1S/C21H23NO6/c1-4-26-18-9-11-19(12-10-18)27-13-20(24)28-15(3)21(25)22-17-7-5-16(6-8-17)14(2)23/h5-12,15H,4,13H2,1-3H3,(H,22,25). The summed E-state index contributed by atoms with van der Waals surface area (Å²) in [5.41, 5.74) is 1.05. The van der Waals surface area contributed by atoms with Crippen LogP contribution < -0.4 is 14.8 Å². The van der Waals surface area contributed by atoms with Crippen LogP contribution in [0, 0.1) is 0 Å². The Labute approximate surface area is 163 Å². The van der Waals surface area contributed by atoms with Crippen molar-refractivity contribution in [3.05, 3.63) is 54.1 Å². The first-order valence-corrected chi connectivity index (χ1v) is 8.86. The van der Waals surface area contributed by atoms with Crippen LogP contribution in [0.2, 0.25) is 0 Å². The van der Waals surface area contributed by atoms with Crippen molar-refractivity contribution in [2.45, 2.75) is 26.9 Å². The molecule has 1 N–H and O–H groups in total. The Morgan fingerprint density at radius 3 is 2.04 bits per heavy atom. The van der Waals surface area contributed by atoms with E-state index in [0.29, 0.717) is 29.4 Å². The summed E-state index contributed by atoms with van der Waals surface area (Å²) in [5.74, 6) is -0.0108. The van der Waals surface area contributed by atoms with Gasteiger partial charge in [-0.15, -0.1) is 0 Å². The van der Waals surface area contributed by atoms with Gasteiger partial charge in [-0.05, 0) is 69.3 Å². The van der Waals surface area contributed by atoms with E-state index in [1.54, 1.807) is 48.5 Å². The van der Waals surface area contributed by atoms with Gasteiger partial charge >= 0.3 is 5.97 Å². The Hall–Kier alpha value is -3.35. The molecule has 0 saturated heterocycles. The first-order valence-electron chi connectivity index (χ1n) is 8.86. The Morgan fingerprint density at radius 2 is 1.50 bits per heavy atom. The zero-order chi connectivity index (χ0) is 20.5. The van der Waals surface area contributed by atoms with E-state index in [2.05, 4.69) is 5.32 Å². The third kappa shape index (κ3) is 6.42. The number of nitrogens with one attached hydrogen (secondary N) is 1. The van der Waals surface area contributed by atoms with Crippen LogP contribution in [0.3, 0.4) is 0 Å². The van der Waals surface area contributed by atoms with Crippen molar-refractivity contribution in [3.8, 4) is 11.5 Å². The van der Waals surface area contributed by atoms with Gasteiger partial charge in [0.2, 0.25) is 0 Å². The van der Waals surface area contributed by atoms with Crippen molar-refractivity contribution in [2.75, 3.05) is 18.5 Å². The summed E-state index contributed by atoms with van der Waals surface area (Å²) in [6.07, 6.45) is -0.996. The van der Waals surface area contributed by atoms with Crippen LogP contribution in [0.5, 0.6) is 11.5 Å². The molecule has 0 fully saturated rings. The van der Waals surface area contributed by atoms with Crippen LogP contribution in [0.15, 0.2) is 48.5 Å². The first kappa shape index (κ1) is 21.0. The van der Waals surface area contributed by atoms with E-state index in [1.165, 1.54) is 13.8 Å². The minimum absolute atomic E-state index is 0.0623. The van der Waals surface area contributed by atoms with E-state index in [9.17, 15) is 14.4 Å². The van der Waals surface area contributed by atoms with Crippen molar-refractivity contribution < 1.29 is 28.6 Å². The van der Waals surface area contributed by atoms with Gasteiger partial charge in [0.15, 0.2) is 18.5 Å². The molecule has 2 rings (SSSR count). The Morgan fingerprint density at radius 1 is 0.929 bits per heavy atom. The van der Waals surface area contributed by atoms with Gasteiger partial charge in [0.05, 0.1) is 6.61 Å². The van der Waals surface area contributed by atoms with Crippen LogP contribution in [0.25, 0.3) is 0 Å². The molecule has 2 aromatic rings. The van der Waals surface area contributed by atoms with E-state index >= 15 is 0 Å². The fourth-order valence-corrected chi connectivity index (χ4v) is 2.26. The second-order valence-corrected chi connectivity index (χ2v) is 5.95. The number of carbonyl (C=O) groups excluding carboxylic acids is 3. The Bertz CT molecular complexity index is 814. The molecule has 0 aromatic heterocycles. The molecule has 7 nitrogen and oxygen atoms in total. The van der Waals surface area contributed by atoms with Crippen LogP contribution in [0.1, 0.15) is 31.1 Å². The summed E-state index contributed by atoms with van der Waals surface area (Å²) >= 11 is 0. The van der Waals surface area contributed by atoms with E-state index < -0.39 is 18.0 Å². The topological polar surface area (TPSA) is 90.9 Å². The zero-order valence-corrected chi connectivity index (χ0v) is 16.1. The molecule has 1 unspecified atom stereocenters. The van der Waals surface area contributed by atoms with Crippen molar-refractivity contribution in [2.24, 2.45) is 0 Å². The highest BCUT2D eigenvalue weighted by Gasteiger charge is 2.18. The predicted molar refractivity (Wildman–Crippen MR) is 104 cm³/mol. The first-order chi connectivity index (χ1) is 13.4. The number of amides is 1. The van der Waals surface area contributed by atoms with Gasteiger partial charge in [-0.25, -0.2) is 4.79 Å². The molecule has 0 aliphatic rings. The Kier molecular flexibility index (Phi) is 7.56. The van der Waals surface area contributed by atoms with Crippen LogP contribution in [0.4, 0.5) is 5.69 Å². The number of Topliss-reactive ketones (excluding diaryl/α,β-unsaturated/α-hetero) is 1. The highest BCUT2D eigenvalue weighted by atomic mass is 16.6. The lowest BCUT2D eigenvalue weighted by atomic mass is 10.1. The zero-order valence-electron chi connectivity index (χ0n) is 16.1. The molecule has 0 bridgehead atoms. The lowest BCUT2D eigenvalue weighted by Gasteiger charge is -2.14. The maximum absolute atomic E-state index is 12.1. The minimum Gasteiger partial charge on any atom is -0.494 e. The number of anilines is 1. The molecule has 0 saturated carbocycles. The summed E-state index contributed by atoms with van der Waals surface area (Å²) in [7, 11) is 0. The van der Waals surface area contributed by atoms with E-state index in [0.717, 1.165) is 0 Å². The largest absolute Gasteiger partial charge is 0.494 e. The molecule has 2 aromatic carbocycles. The molecule has 0 aliphatic carbocycles. The Balaban J connectivity index is 1.79. The maximum Gasteiger partial charge on any atom is 0.344 e. The number of carbonyl (C=O) groups is 3. The summed E-state index contributed by atoms with van der Waals surface area (Å²) in [6, 6.07) is 13.3. The van der Waals surface area contributed by atoms with Crippen LogP contribution in [-0.2, 0) is 14.3 Å². The maximum atomic E-state index is 12.1. The second-order valence-electron chi connectivity index (χ2n) is 5.95. The summed E-state index contributed by atoms with van der Waals surface area (Å²) < 4.78 is 15.7. The fraction of sp³-hybridized carbons (Fsp3) is 0.286. The lowest BCUT2D eigenvalue weighted by Crippen LogP contribution is -2.31. The molecule has 7 heteroatoms. The predicted octanol–water partition coefficient (Wildman–Crippen LogP) is 3.24. The van der Waals surface area contributed by atoms with Crippen LogP contribution >= 0.6 is 0 Å².